The van der Waals surface area contributed by atoms with E-state index in [0.29, 0.717) is 76.2 Å². The van der Waals surface area contributed by atoms with Crippen LogP contribution in [0.3, 0.4) is 0 Å². The van der Waals surface area contributed by atoms with Crippen molar-refractivity contribution >= 4 is 23.3 Å². The van der Waals surface area contributed by atoms with Crippen LogP contribution in [0.1, 0.15) is 95.9 Å². The molecule has 48 heavy (non-hydrogen) atoms. The lowest BCUT2D eigenvalue weighted by Gasteiger charge is -2.47. The fraction of sp³-hybridized carbons (Fsp3) is 0.487. The monoisotopic (exact) mass is 676 g/mol. The molecule has 256 valence electrons. The summed E-state index contributed by atoms with van der Waals surface area (Å²) in [5.74, 6) is -0.663. The minimum atomic E-state index is -1.05. The van der Waals surface area contributed by atoms with Gasteiger partial charge in [-0.1, -0.05) is 48.4 Å². The van der Waals surface area contributed by atoms with E-state index in [2.05, 4.69) is 24.8 Å². The number of fused-ring (bicyclic) bond motifs is 8. The minimum absolute atomic E-state index is 0.121. The molecule has 4 atom stereocenters. The Hall–Kier alpha value is -3.30. The molecule has 2 fully saturated rings. The predicted molar refractivity (Wildman–Crippen MR) is 184 cm³/mol. The highest BCUT2D eigenvalue weighted by Gasteiger charge is 2.57. The standard InChI is InChI=1S/C39H46ClFN2O5/c1-26-6-4-15-38(2)32(14-16-39(38,47)25-42-17-19-43(20-18-42)37(46)36-9-5-21-48-36)29-13-11-27(22-28(44)12-10-26)23-30(29)35(45)24-31-33(40)7-3-8-34(31)41/h3,5-9,11,13,21,23,28,32,44,47H,4,10,12,14-20,22,24-25H2,1-2H3. The molecule has 1 amide bonds. The third-order valence-corrected chi connectivity index (χ3v) is 11.6. The molecule has 1 aromatic heterocycles. The first kappa shape index (κ1) is 34.6. The van der Waals surface area contributed by atoms with Gasteiger partial charge in [0.05, 0.1) is 18.0 Å². The number of ketones is 1. The number of aliphatic hydroxyl groups excluding tert-OH is 1. The second-order valence-corrected chi connectivity index (χ2v) is 14.7. The lowest BCUT2D eigenvalue weighted by atomic mass is 9.64. The van der Waals surface area contributed by atoms with Crippen LogP contribution in [-0.4, -0.2) is 76.1 Å². The van der Waals surface area contributed by atoms with E-state index in [1.165, 1.54) is 24.0 Å². The molecular weight excluding hydrogens is 631 g/mol. The number of carbonyl (C=O) groups is 2. The molecule has 4 unspecified atom stereocenters. The number of halogens is 2. The van der Waals surface area contributed by atoms with Crippen LogP contribution in [0.2, 0.25) is 5.02 Å². The molecule has 7 rings (SSSR count). The maximum Gasteiger partial charge on any atom is 0.289 e. The van der Waals surface area contributed by atoms with Gasteiger partial charge < -0.3 is 19.5 Å². The average molecular weight is 677 g/mol. The Morgan fingerprint density at radius 2 is 1.85 bits per heavy atom. The number of hydrogen-bond acceptors (Lipinski definition) is 6. The van der Waals surface area contributed by atoms with Gasteiger partial charge in [-0.2, -0.15) is 0 Å². The number of hydrogen-bond donors (Lipinski definition) is 2. The van der Waals surface area contributed by atoms with Crippen LogP contribution in [0.15, 0.2) is 70.9 Å². The van der Waals surface area contributed by atoms with Crippen LogP contribution in [0.25, 0.3) is 0 Å². The van der Waals surface area contributed by atoms with Gasteiger partial charge in [-0.15, -0.1) is 0 Å². The second kappa shape index (κ2) is 14.3. The number of amides is 1. The highest BCUT2D eigenvalue weighted by Crippen LogP contribution is 2.59. The summed E-state index contributed by atoms with van der Waals surface area (Å²) in [5, 5.41) is 23.8. The number of benzene rings is 2. The molecule has 0 spiro atoms. The zero-order valence-corrected chi connectivity index (χ0v) is 28.6. The fourth-order valence-electron chi connectivity index (χ4n) is 8.23. The maximum atomic E-state index is 14.9. The summed E-state index contributed by atoms with van der Waals surface area (Å²) in [6.45, 7) is 7.09. The summed E-state index contributed by atoms with van der Waals surface area (Å²) in [6, 6.07) is 13.7. The van der Waals surface area contributed by atoms with Crippen LogP contribution < -0.4 is 0 Å². The molecule has 9 heteroatoms. The first-order chi connectivity index (χ1) is 23.0. The smallest absolute Gasteiger partial charge is 0.289 e. The van der Waals surface area contributed by atoms with E-state index in [-0.39, 0.29) is 34.6 Å². The van der Waals surface area contributed by atoms with Crippen LogP contribution in [-0.2, 0) is 12.8 Å². The molecule has 4 aliphatic rings. The topological polar surface area (TPSA) is 94.2 Å². The van der Waals surface area contributed by atoms with Crippen molar-refractivity contribution in [1.82, 2.24) is 9.80 Å². The summed E-state index contributed by atoms with van der Waals surface area (Å²) in [5.41, 5.74) is 1.98. The van der Waals surface area contributed by atoms with E-state index < -0.39 is 22.9 Å². The van der Waals surface area contributed by atoms with Crippen LogP contribution in [0.5, 0.6) is 0 Å². The Morgan fingerprint density at radius 3 is 2.58 bits per heavy atom. The zero-order chi connectivity index (χ0) is 34.1. The number of aliphatic hydroxyl groups is 2. The van der Waals surface area contributed by atoms with Gasteiger partial charge >= 0.3 is 0 Å². The van der Waals surface area contributed by atoms with Crippen molar-refractivity contribution < 1.29 is 28.6 Å². The van der Waals surface area contributed by atoms with E-state index >= 15 is 0 Å². The predicted octanol–water partition coefficient (Wildman–Crippen LogP) is 6.99. The number of nitrogens with zero attached hydrogens (tertiary/aromatic N) is 2. The molecule has 0 radical (unpaired) electrons. The molecule has 2 heterocycles. The van der Waals surface area contributed by atoms with Gasteiger partial charge in [-0.25, -0.2) is 4.39 Å². The Balaban J connectivity index is 1.31. The Bertz CT molecular complexity index is 1650. The minimum Gasteiger partial charge on any atom is -0.459 e. The molecule has 7 nitrogen and oxygen atoms in total. The Morgan fingerprint density at radius 1 is 1.06 bits per heavy atom. The van der Waals surface area contributed by atoms with Crippen LogP contribution in [0, 0.1) is 11.2 Å². The normalized spacial score (nSPS) is 27.0. The van der Waals surface area contributed by atoms with Crippen molar-refractivity contribution in [2.45, 2.75) is 82.8 Å². The van der Waals surface area contributed by atoms with Crippen molar-refractivity contribution in [3.8, 4) is 0 Å². The summed E-state index contributed by atoms with van der Waals surface area (Å²) >= 11 is 6.36. The van der Waals surface area contributed by atoms with E-state index in [1.54, 1.807) is 23.1 Å². The number of allylic oxidation sites excluding steroid dienone is 2. The first-order valence-corrected chi connectivity index (χ1v) is 17.6. The zero-order valence-electron chi connectivity index (χ0n) is 27.9. The van der Waals surface area contributed by atoms with E-state index in [0.717, 1.165) is 24.0 Å². The number of rotatable bonds is 6. The molecule has 3 aromatic rings. The van der Waals surface area contributed by atoms with Gasteiger partial charge in [0.1, 0.15) is 5.82 Å². The number of piperazine rings is 1. The van der Waals surface area contributed by atoms with Gasteiger partial charge in [0.2, 0.25) is 0 Å². The summed E-state index contributed by atoms with van der Waals surface area (Å²) in [4.78, 5) is 31.0. The molecule has 1 saturated heterocycles. The van der Waals surface area contributed by atoms with Crippen molar-refractivity contribution in [2.75, 3.05) is 32.7 Å². The quantitative estimate of drug-likeness (QED) is 0.216. The number of furan rings is 1. The highest BCUT2D eigenvalue weighted by molar-refractivity contribution is 6.31. The molecule has 2 bridgehead atoms. The van der Waals surface area contributed by atoms with Gasteiger partial charge in [-0.05, 0) is 99.2 Å². The van der Waals surface area contributed by atoms with E-state index in [1.807, 2.05) is 18.2 Å². The lowest BCUT2D eigenvalue weighted by molar-refractivity contribution is -0.0876. The number of carbonyl (C=O) groups excluding carboxylic acids is 2. The highest BCUT2D eigenvalue weighted by atomic mass is 35.5. The van der Waals surface area contributed by atoms with Crippen molar-refractivity contribution in [3.05, 3.63) is 105 Å². The van der Waals surface area contributed by atoms with Crippen LogP contribution in [0.4, 0.5) is 4.39 Å². The lowest BCUT2D eigenvalue weighted by Crippen LogP contribution is -2.57. The number of β-amino-alcohol motifs (C(OH)–C–C–N with tert-alkyl or cyclic N) is 1. The van der Waals surface area contributed by atoms with Crippen molar-refractivity contribution in [3.63, 3.8) is 0 Å². The fourth-order valence-corrected chi connectivity index (χ4v) is 8.46. The van der Waals surface area contributed by atoms with Crippen LogP contribution >= 0.6 is 11.6 Å². The first-order valence-electron chi connectivity index (χ1n) is 17.2. The molecule has 3 aliphatic carbocycles. The summed E-state index contributed by atoms with van der Waals surface area (Å²) < 4.78 is 20.2. The van der Waals surface area contributed by atoms with Gasteiger partial charge in [-0.3, -0.25) is 14.5 Å². The molecule has 1 aliphatic heterocycles. The van der Waals surface area contributed by atoms with E-state index in [9.17, 15) is 24.2 Å². The Kier molecular flexibility index (Phi) is 10.3. The maximum absolute atomic E-state index is 14.9. The van der Waals surface area contributed by atoms with Gasteiger partial charge in [0.25, 0.3) is 5.91 Å². The second-order valence-electron chi connectivity index (χ2n) is 14.3. The van der Waals surface area contributed by atoms with Gasteiger partial charge in [0, 0.05) is 60.7 Å². The molecule has 2 N–H and O–H groups in total. The summed E-state index contributed by atoms with van der Waals surface area (Å²) in [7, 11) is 0. The average Bonchev–Trinajstić information content (AvgIpc) is 3.69. The third-order valence-electron chi connectivity index (χ3n) is 11.2. The van der Waals surface area contributed by atoms with Crippen molar-refractivity contribution in [2.24, 2.45) is 5.41 Å². The third kappa shape index (κ3) is 7.04. The molecule has 1 saturated carbocycles. The Labute approximate surface area is 287 Å². The SMILES string of the molecule is CC1=CCCC2(C)C(CCC2(O)CN2CCN(C(=O)c3ccco3)CC2)c2ccc(cc2C(=O)Cc2c(F)cccc2Cl)CC(O)CC1. The number of Topliss-reactive ketones (excluding diaryl/α,β-unsaturated/α-hetero) is 1. The van der Waals surface area contributed by atoms with E-state index in [4.69, 9.17) is 16.0 Å². The largest absolute Gasteiger partial charge is 0.459 e. The summed E-state index contributed by atoms with van der Waals surface area (Å²) in [6.07, 6.45) is 7.51. The molecule has 2 aromatic carbocycles. The van der Waals surface area contributed by atoms with Gasteiger partial charge in [0.15, 0.2) is 11.5 Å². The molecular formula is C39H46ClFN2O5. The van der Waals surface area contributed by atoms with Crippen molar-refractivity contribution in [1.29, 1.82) is 0 Å².